The van der Waals surface area contributed by atoms with E-state index < -0.39 is 37.5 Å². The van der Waals surface area contributed by atoms with Gasteiger partial charge in [-0.3, -0.25) is 19.8 Å². The number of aromatic nitrogens is 2. The molecule has 8 heterocycles. The van der Waals surface area contributed by atoms with Crippen molar-refractivity contribution in [2.24, 2.45) is 17.3 Å². The molecule has 386 valence electrons. The van der Waals surface area contributed by atoms with E-state index in [0.717, 1.165) is 88.4 Å². The Morgan fingerprint density at radius 2 is 1.68 bits per heavy atom. The first kappa shape index (κ1) is 48.2. The third kappa shape index (κ3) is 9.10. The first-order valence-corrected chi connectivity index (χ1v) is 27.9. The summed E-state index contributed by atoms with van der Waals surface area (Å²) in [6, 6.07) is 23.2. The average molecular weight is 1020 g/mol. The molecule has 17 nitrogen and oxygen atoms in total. The van der Waals surface area contributed by atoms with Gasteiger partial charge in [0.25, 0.3) is 21.6 Å². The summed E-state index contributed by atoms with van der Waals surface area (Å²) < 4.78 is 54.7. The molecule has 0 bridgehead atoms. The molecule has 6 aliphatic heterocycles. The van der Waals surface area contributed by atoms with E-state index in [1.165, 1.54) is 36.1 Å². The number of sulfonamides is 1. The number of nitrogens with zero attached hydrogens (tertiary/aromatic N) is 5. The molecule has 5 atom stereocenters. The van der Waals surface area contributed by atoms with Crippen LogP contribution in [0.15, 0.2) is 83.9 Å². The second kappa shape index (κ2) is 19.5. The van der Waals surface area contributed by atoms with E-state index in [1.54, 1.807) is 6.07 Å². The van der Waals surface area contributed by atoms with Crippen molar-refractivity contribution in [3.63, 3.8) is 0 Å². The minimum Gasteiger partial charge on any atom is -0.468 e. The van der Waals surface area contributed by atoms with Gasteiger partial charge in [0.15, 0.2) is 0 Å². The van der Waals surface area contributed by atoms with Gasteiger partial charge < -0.3 is 39.0 Å². The van der Waals surface area contributed by atoms with E-state index in [2.05, 4.69) is 62.9 Å². The normalized spacial score (nSPS) is 25.4. The van der Waals surface area contributed by atoms with Crippen LogP contribution in [0.4, 0.5) is 28.4 Å². The van der Waals surface area contributed by atoms with Crippen molar-refractivity contribution >= 4 is 55.4 Å². The molecule has 1 aliphatic carbocycles. The highest BCUT2D eigenvalue weighted by molar-refractivity contribution is 7.90. The Morgan fingerprint density at radius 1 is 0.890 bits per heavy atom. The standard InChI is InChI=1S/C55H66N8O9S/c1-34(2)41-5-3-4-6-42(41)45-12-7-36-16-24-70-31-49(36)61(45)39-28-55(29-39)17-20-60(21-18-55)38-8-10-43(46(26-38)62-48-25-37-13-19-56-52(37)58-54(48)72-51-33-71-32-50(51)62)53(64)59-73(67,68)40-9-11-44(47(27-40)63(65)66)57-30-35-14-22-69-23-15-35/h3-6,8-11,13,19,25-27,34-36,39,45,49-51,57H,7,12,14-18,20-24,28-33H2,1-2H3,(H,56,58)(H,59,64)/t36?,45-,49?,50+,51+/m0/s1. The Morgan fingerprint density at radius 3 is 2.49 bits per heavy atom. The summed E-state index contributed by atoms with van der Waals surface area (Å²) in [5.41, 5.74) is 5.78. The highest BCUT2D eigenvalue weighted by atomic mass is 32.2. The number of pyridine rings is 1. The summed E-state index contributed by atoms with van der Waals surface area (Å²) in [5, 5.41) is 16.3. The van der Waals surface area contributed by atoms with E-state index in [0.29, 0.717) is 85.8 Å². The Hall–Kier alpha value is -5.79. The topological polar surface area (TPSA) is 194 Å². The van der Waals surface area contributed by atoms with Crippen molar-refractivity contribution in [2.45, 2.75) is 113 Å². The molecule has 73 heavy (non-hydrogen) atoms. The zero-order valence-corrected chi connectivity index (χ0v) is 42.5. The number of likely N-dealkylation sites (tertiary alicyclic amines) is 1. The number of anilines is 4. The van der Waals surface area contributed by atoms with Gasteiger partial charge in [0, 0.05) is 80.9 Å². The lowest BCUT2D eigenvalue weighted by Gasteiger charge is -2.61. The number of amides is 1. The van der Waals surface area contributed by atoms with Crippen LogP contribution in [0.1, 0.15) is 105 Å². The van der Waals surface area contributed by atoms with Crippen molar-refractivity contribution < 1.29 is 37.1 Å². The largest absolute Gasteiger partial charge is 0.468 e. The number of benzene rings is 3. The molecule has 3 aromatic carbocycles. The number of hydrogen-bond donors (Lipinski definition) is 3. The highest BCUT2D eigenvalue weighted by Crippen LogP contribution is 2.56. The maximum atomic E-state index is 14.7. The molecule has 7 aliphatic rings. The predicted octanol–water partition coefficient (Wildman–Crippen LogP) is 8.84. The zero-order valence-electron chi connectivity index (χ0n) is 41.7. The lowest BCUT2D eigenvalue weighted by Crippen LogP contribution is -2.62. The van der Waals surface area contributed by atoms with Crippen LogP contribution in [0.25, 0.3) is 11.0 Å². The van der Waals surface area contributed by atoms with Gasteiger partial charge in [-0.2, -0.15) is 4.98 Å². The minimum atomic E-state index is -4.60. The summed E-state index contributed by atoms with van der Waals surface area (Å²) in [4.78, 5) is 41.3. The molecular weight excluding hydrogens is 949 g/mol. The molecule has 1 spiro atoms. The smallest absolute Gasteiger partial charge is 0.293 e. The van der Waals surface area contributed by atoms with Gasteiger partial charge in [0.1, 0.15) is 23.1 Å². The number of hydrogen-bond acceptors (Lipinski definition) is 14. The van der Waals surface area contributed by atoms with Gasteiger partial charge in [-0.1, -0.05) is 38.1 Å². The number of aromatic amines is 1. The first-order valence-electron chi connectivity index (χ1n) is 26.4. The molecule has 1 saturated carbocycles. The minimum absolute atomic E-state index is 0.111. The van der Waals surface area contributed by atoms with Crippen molar-refractivity contribution in [2.75, 3.05) is 74.4 Å². The highest BCUT2D eigenvalue weighted by Gasteiger charge is 2.53. The molecule has 2 unspecified atom stereocenters. The van der Waals surface area contributed by atoms with Crippen LogP contribution < -0.4 is 24.6 Å². The molecule has 5 saturated heterocycles. The van der Waals surface area contributed by atoms with Crippen molar-refractivity contribution in [3.8, 4) is 5.88 Å². The molecule has 12 rings (SSSR count). The Kier molecular flexibility index (Phi) is 12.9. The van der Waals surface area contributed by atoms with E-state index in [-0.39, 0.29) is 28.6 Å². The molecule has 0 radical (unpaired) electrons. The van der Waals surface area contributed by atoms with E-state index in [9.17, 15) is 23.3 Å². The average Bonchev–Trinajstić information content (AvgIpc) is 4.07. The van der Waals surface area contributed by atoms with Gasteiger partial charge in [-0.25, -0.2) is 13.1 Å². The number of carbonyl (C=O) groups excluding carboxylic acids is 1. The predicted molar refractivity (Wildman–Crippen MR) is 277 cm³/mol. The number of carbonyl (C=O) groups is 1. The lowest BCUT2D eigenvalue weighted by molar-refractivity contribution is -0.384. The third-order valence-corrected chi connectivity index (χ3v) is 18.7. The molecule has 18 heteroatoms. The maximum Gasteiger partial charge on any atom is 0.293 e. The number of nitro groups is 1. The van der Waals surface area contributed by atoms with Crippen LogP contribution in [0.2, 0.25) is 0 Å². The SMILES string of the molecule is CC(C)c1ccccc1[C@@H]1CCC2CCOCC2N1C1CC2(CCN(c3ccc(C(=O)NS(=O)(=O)c4ccc(NCC5CCOCC5)c([N+](=O)[O-])c4)c(N4c5cc6cc[nH]c6nc5O[C@@H]5COC[C@H]54)c3)CC2)C1. The quantitative estimate of drug-likeness (QED) is 0.0793. The van der Waals surface area contributed by atoms with Crippen LogP contribution in [0.3, 0.4) is 0 Å². The summed E-state index contributed by atoms with van der Waals surface area (Å²) in [6.07, 6.45) is 11.0. The van der Waals surface area contributed by atoms with Crippen molar-refractivity contribution in [1.29, 1.82) is 0 Å². The molecule has 2 aromatic heterocycles. The fraction of sp³-hybridized carbons (Fsp3) is 0.527. The summed E-state index contributed by atoms with van der Waals surface area (Å²) in [6.45, 7) is 10.3. The number of nitrogens with one attached hydrogen (secondary N) is 3. The van der Waals surface area contributed by atoms with Gasteiger partial charge in [-0.15, -0.1) is 0 Å². The van der Waals surface area contributed by atoms with Crippen LogP contribution in [-0.2, 0) is 24.2 Å². The fourth-order valence-electron chi connectivity index (χ4n) is 13.4. The number of H-pyrrole nitrogens is 1. The van der Waals surface area contributed by atoms with Crippen LogP contribution >= 0.6 is 0 Å². The number of fused-ring (bicyclic) bond motifs is 4. The van der Waals surface area contributed by atoms with Crippen LogP contribution in [0, 0.1) is 27.4 Å². The zero-order chi connectivity index (χ0) is 50.0. The van der Waals surface area contributed by atoms with Crippen molar-refractivity contribution in [3.05, 3.63) is 106 Å². The van der Waals surface area contributed by atoms with Crippen LogP contribution in [-0.4, -0.2) is 118 Å². The lowest BCUT2D eigenvalue weighted by atomic mass is 9.59. The summed E-state index contributed by atoms with van der Waals surface area (Å²) in [5.74, 6) is 0.894. The number of ether oxygens (including phenoxy) is 4. The van der Waals surface area contributed by atoms with E-state index in [1.807, 2.05) is 35.4 Å². The molecule has 5 aromatic rings. The third-order valence-electron chi connectivity index (χ3n) is 17.4. The molecule has 3 N–H and O–H groups in total. The summed E-state index contributed by atoms with van der Waals surface area (Å²) in [7, 11) is -4.60. The number of nitro benzene ring substituents is 1. The van der Waals surface area contributed by atoms with Gasteiger partial charge >= 0.3 is 0 Å². The fourth-order valence-corrected chi connectivity index (χ4v) is 14.4. The molecule has 1 amide bonds. The second-order valence-corrected chi connectivity index (χ2v) is 23.6. The first-order chi connectivity index (χ1) is 35.4. The summed E-state index contributed by atoms with van der Waals surface area (Å²) >= 11 is 0. The number of piperidine rings is 2. The van der Waals surface area contributed by atoms with Gasteiger partial charge in [0.2, 0.25) is 5.88 Å². The van der Waals surface area contributed by atoms with E-state index in [4.69, 9.17) is 23.9 Å². The molecule has 6 fully saturated rings. The number of rotatable bonds is 12. The van der Waals surface area contributed by atoms with Gasteiger partial charge in [0.05, 0.1) is 46.9 Å². The second-order valence-electron chi connectivity index (χ2n) is 21.9. The van der Waals surface area contributed by atoms with Crippen LogP contribution in [0.5, 0.6) is 5.88 Å². The Balaban J connectivity index is 0.823. The van der Waals surface area contributed by atoms with Crippen molar-refractivity contribution in [1.82, 2.24) is 19.6 Å². The van der Waals surface area contributed by atoms with Gasteiger partial charge in [-0.05, 0) is 135 Å². The molecular formula is C55H66N8O9S. The monoisotopic (exact) mass is 1010 g/mol. The maximum absolute atomic E-state index is 14.7. The van der Waals surface area contributed by atoms with E-state index >= 15 is 0 Å². The Bertz CT molecular complexity index is 3000. The Labute approximate surface area is 426 Å².